The molecule has 0 amide bonds. The van der Waals surface area contributed by atoms with Crippen LogP contribution in [0.2, 0.25) is 0 Å². The van der Waals surface area contributed by atoms with Crippen LogP contribution in [0.3, 0.4) is 0 Å². The lowest BCUT2D eigenvalue weighted by Gasteiger charge is -2.28. The van der Waals surface area contributed by atoms with Crippen LogP contribution in [0.4, 0.5) is 17.1 Å². The first-order valence-electron chi connectivity index (χ1n) is 19.2. The number of benzene rings is 9. The Morgan fingerprint density at radius 1 is 0.400 bits per heavy atom. The average Bonchev–Trinajstić information content (AvgIpc) is 3.71. The number of nitrogens with zero attached hydrogens (tertiary/aromatic N) is 2. The van der Waals surface area contributed by atoms with Gasteiger partial charge in [-0.1, -0.05) is 153 Å². The smallest absolute Gasteiger partial charge is 0.0625 e. The van der Waals surface area contributed by atoms with E-state index in [4.69, 9.17) is 0 Å². The highest BCUT2D eigenvalue weighted by Crippen LogP contribution is 2.51. The molecule has 9 aromatic carbocycles. The number of anilines is 3. The summed E-state index contributed by atoms with van der Waals surface area (Å²) < 4.78 is 2.46. The van der Waals surface area contributed by atoms with E-state index in [0.717, 1.165) is 22.7 Å². The summed E-state index contributed by atoms with van der Waals surface area (Å²) in [5, 5.41) is 7.73. The molecule has 0 radical (unpaired) electrons. The number of hydrogen-bond donors (Lipinski definition) is 0. The highest BCUT2D eigenvalue weighted by atomic mass is 15.1. The molecule has 0 atom stereocenters. The molecular formula is C53H38N2. The van der Waals surface area contributed by atoms with E-state index < -0.39 is 0 Å². The molecule has 1 heterocycles. The van der Waals surface area contributed by atoms with Crippen LogP contribution in [0.15, 0.2) is 194 Å². The van der Waals surface area contributed by atoms with Gasteiger partial charge in [-0.2, -0.15) is 0 Å². The molecule has 1 aromatic heterocycles. The molecule has 1 aliphatic carbocycles. The largest absolute Gasteiger partial charge is 0.310 e. The predicted molar refractivity (Wildman–Crippen MR) is 233 cm³/mol. The van der Waals surface area contributed by atoms with E-state index in [1.54, 1.807) is 0 Å². The molecule has 0 saturated heterocycles. The van der Waals surface area contributed by atoms with Gasteiger partial charge in [0.25, 0.3) is 0 Å². The molecular weight excluding hydrogens is 665 g/mol. The van der Waals surface area contributed by atoms with Crippen molar-refractivity contribution in [2.45, 2.75) is 19.3 Å². The third-order valence-electron chi connectivity index (χ3n) is 12.0. The maximum atomic E-state index is 2.46. The van der Waals surface area contributed by atoms with Crippen molar-refractivity contribution in [3.63, 3.8) is 0 Å². The maximum absolute atomic E-state index is 2.46. The van der Waals surface area contributed by atoms with Crippen molar-refractivity contribution < 1.29 is 0 Å². The number of aromatic nitrogens is 1. The van der Waals surface area contributed by atoms with E-state index in [9.17, 15) is 0 Å². The third kappa shape index (κ3) is 4.74. The minimum atomic E-state index is -0.0690. The zero-order valence-electron chi connectivity index (χ0n) is 30.9. The van der Waals surface area contributed by atoms with Gasteiger partial charge in [-0.25, -0.2) is 0 Å². The van der Waals surface area contributed by atoms with Gasteiger partial charge in [-0.05, 0) is 104 Å². The summed E-state index contributed by atoms with van der Waals surface area (Å²) >= 11 is 0. The zero-order chi connectivity index (χ0) is 36.7. The SMILES string of the molecule is CC1(C)c2ccccc2-c2ccc(N(c3ccccc3)c3ccc(-c4ccc(-n5c6ccccc6c6c7ccccc7c7ccccc7c65)cc4)cc3)cc21. The van der Waals surface area contributed by atoms with E-state index in [0.29, 0.717) is 0 Å². The fourth-order valence-corrected chi connectivity index (χ4v) is 9.36. The summed E-state index contributed by atoms with van der Waals surface area (Å²) in [6.45, 7) is 4.69. The molecule has 0 spiro atoms. The van der Waals surface area contributed by atoms with Crippen LogP contribution in [0.1, 0.15) is 25.0 Å². The summed E-state index contributed by atoms with van der Waals surface area (Å²) in [7, 11) is 0. The first-order chi connectivity index (χ1) is 27.1. The summed E-state index contributed by atoms with van der Waals surface area (Å²) in [5.41, 5.74) is 14.8. The molecule has 55 heavy (non-hydrogen) atoms. The van der Waals surface area contributed by atoms with Gasteiger partial charge in [0.2, 0.25) is 0 Å². The minimum Gasteiger partial charge on any atom is -0.310 e. The molecule has 0 unspecified atom stereocenters. The standard InChI is InChI=1S/C53H38N2/c1-53(2)48-22-12-10-18-43(48)44-33-32-40(34-49(44)53)54(37-14-4-3-5-15-37)38-28-24-35(25-29-38)36-26-30-39(31-27-36)55-50-23-13-11-21-47(50)51-45-19-8-6-16-41(45)42-17-7-9-20-46(42)52(51)55/h3-34H,1-2H3. The number of rotatable bonds is 5. The molecule has 2 heteroatoms. The van der Waals surface area contributed by atoms with Crippen molar-refractivity contribution in [1.82, 2.24) is 4.57 Å². The second kappa shape index (κ2) is 12.1. The summed E-state index contributed by atoms with van der Waals surface area (Å²) in [5.74, 6) is 0. The van der Waals surface area contributed by atoms with E-state index >= 15 is 0 Å². The topological polar surface area (TPSA) is 8.17 Å². The molecule has 11 rings (SSSR count). The monoisotopic (exact) mass is 702 g/mol. The zero-order valence-corrected chi connectivity index (χ0v) is 30.9. The van der Waals surface area contributed by atoms with Crippen molar-refractivity contribution in [3.05, 3.63) is 205 Å². The quantitative estimate of drug-likeness (QED) is 0.162. The van der Waals surface area contributed by atoms with Crippen LogP contribution >= 0.6 is 0 Å². The average molecular weight is 703 g/mol. The Labute approximate surface area is 321 Å². The molecule has 0 fully saturated rings. The van der Waals surface area contributed by atoms with Gasteiger partial charge >= 0.3 is 0 Å². The number of para-hydroxylation sites is 2. The van der Waals surface area contributed by atoms with Gasteiger partial charge in [0.05, 0.1) is 11.0 Å². The van der Waals surface area contributed by atoms with Crippen LogP contribution in [0.5, 0.6) is 0 Å². The van der Waals surface area contributed by atoms with Gasteiger partial charge < -0.3 is 9.47 Å². The number of fused-ring (bicyclic) bond motifs is 11. The van der Waals surface area contributed by atoms with Crippen molar-refractivity contribution in [3.8, 4) is 27.9 Å². The Balaban J connectivity index is 0.993. The molecule has 0 bridgehead atoms. The molecule has 1 aliphatic rings. The van der Waals surface area contributed by atoms with Gasteiger partial charge in [0, 0.05) is 44.3 Å². The highest BCUT2D eigenvalue weighted by Gasteiger charge is 2.35. The Kier molecular flexibility index (Phi) is 6.93. The summed E-state index contributed by atoms with van der Waals surface area (Å²) in [6.07, 6.45) is 0. The fourth-order valence-electron chi connectivity index (χ4n) is 9.36. The molecule has 0 aliphatic heterocycles. The van der Waals surface area contributed by atoms with Crippen molar-refractivity contribution in [2.24, 2.45) is 0 Å². The van der Waals surface area contributed by atoms with Crippen molar-refractivity contribution in [2.75, 3.05) is 4.90 Å². The third-order valence-corrected chi connectivity index (χ3v) is 12.0. The minimum absolute atomic E-state index is 0.0690. The highest BCUT2D eigenvalue weighted by molar-refractivity contribution is 6.32. The maximum Gasteiger partial charge on any atom is 0.0625 e. The number of hydrogen-bond acceptors (Lipinski definition) is 1. The second-order valence-electron chi connectivity index (χ2n) is 15.3. The van der Waals surface area contributed by atoms with Gasteiger partial charge in [-0.3, -0.25) is 0 Å². The van der Waals surface area contributed by atoms with Crippen LogP contribution in [0, 0.1) is 0 Å². The lowest BCUT2D eigenvalue weighted by Crippen LogP contribution is -2.16. The first-order valence-corrected chi connectivity index (χ1v) is 19.2. The van der Waals surface area contributed by atoms with E-state index in [2.05, 4.69) is 217 Å². The van der Waals surface area contributed by atoms with Crippen molar-refractivity contribution in [1.29, 1.82) is 0 Å². The van der Waals surface area contributed by atoms with Gasteiger partial charge in [-0.15, -0.1) is 0 Å². The van der Waals surface area contributed by atoms with E-state index in [-0.39, 0.29) is 5.41 Å². The predicted octanol–water partition coefficient (Wildman–Crippen LogP) is 14.5. The summed E-state index contributed by atoms with van der Waals surface area (Å²) in [4.78, 5) is 2.38. The van der Waals surface area contributed by atoms with Crippen LogP contribution in [0.25, 0.3) is 71.3 Å². The molecule has 260 valence electrons. The Hall–Kier alpha value is -6.90. The Morgan fingerprint density at radius 2 is 0.927 bits per heavy atom. The molecule has 10 aromatic rings. The van der Waals surface area contributed by atoms with Gasteiger partial charge in [0.15, 0.2) is 0 Å². The fraction of sp³-hybridized carbons (Fsp3) is 0.0566. The normalized spacial score (nSPS) is 13.1. The van der Waals surface area contributed by atoms with Crippen LogP contribution in [-0.2, 0) is 5.41 Å². The Bertz CT molecular complexity index is 3100. The summed E-state index contributed by atoms with van der Waals surface area (Å²) in [6, 6.07) is 71.2. The van der Waals surface area contributed by atoms with E-state index in [1.165, 1.54) is 76.7 Å². The Morgan fingerprint density at radius 3 is 1.67 bits per heavy atom. The van der Waals surface area contributed by atoms with Crippen LogP contribution < -0.4 is 4.90 Å². The van der Waals surface area contributed by atoms with E-state index in [1.807, 2.05) is 0 Å². The van der Waals surface area contributed by atoms with Gasteiger partial charge in [0.1, 0.15) is 0 Å². The lowest BCUT2D eigenvalue weighted by molar-refractivity contribution is 0.660. The molecule has 0 saturated carbocycles. The molecule has 2 nitrogen and oxygen atoms in total. The van der Waals surface area contributed by atoms with Crippen LogP contribution in [-0.4, -0.2) is 4.57 Å². The molecule has 0 N–H and O–H groups in total. The second-order valence-corrected chi connectivity index (χ2v) is 15.3. The lowest BCUT2D eigenvalue weighted by atomic mass is 9.82. The first kappa shape index (κ1) is 31.6. The van der Waals surface area contributed by atoms with Crippen molar-refractivity contribution >= 4 is 60.4 Å².